The van der Waals surface area contributed by atoms with Gasteiger partial charge in [-0.2, -0.15) is 0 Å². The molecule has 1 amide bonds. The third kappa shape index (κ3) is 3.95. The molecule has 0 spiro atoms. The summed E-state index contributed by atoms with van der Waals surface area (Å²) in [6, 6.07) is 6.11. The van der Waals surface area contributed by atoms with Gasteiger partial charge in [0.1, 0.15) is 5.65 Å². The predicted octanol–water partition coefficient (Wildman–Crippen LogP) is 3.05. The summed E-state index contributed by atoms with van der Waals surface area (Å²) in [7, 11) is 1.64. The van der Waals surface area contributed by atoms with Crippen molar-refractivity contribution in [2.75, 3.05) is 25.5 Å². The summed E-state index contributed by atoms with van der Waals surface area (Å²) in [5, 5.41) is 7.90. The van der Waals surface area contributed by atoms with Crippen molar-refractivity contribution >= 4 is 34.2 Å². The molecule has 0 atom stereocenters. The summed E-state index contributed by atoms with van der Waals surface area (Å²) < 4.78 is 0. The van der Waals surface area contributed by atoms with Crippen molar-refractivity contribution < 1.29 is 4.79 Å². The number of hydrogen-bond acceptors (Lipinski definition) is 5. The number of rotatable bonds is 5. The Kier molecular flexibility index (Phi) is 5.45. The Morgan fingerprint density at radius 2 is 2.07 bits per heavy atom. The highest BCUT2D eigenvalue weighted by Gasteiger charge is 2.23. The van der Waals surface area contributed by atoms with Crippen molar-refractivity contribution in [1.82, 2.24) is 25.2 Å². The monoisotopic (exact) mass is 398 g/mol. The zero-order valence-electron chi connectivity index (χ0n) is 15.7. The first kappa shape index (κ1) is 18.7. The molecule has 4 heterocycles. The first-order valence-electron chi connectivity index (χ1n) is 9.41. The smallest absolute Gasteiger partial charge is 0.254 e. The molecule has 7 nitrogen and oxygen atoms in total. The molecule has 3 aromatic rings. The van der Waals surface area contributed by atoms with Gasteiger partial charge >= 0.3 is 0 Å². The van der Waals surface area contributed by atoms with E-state index in [4.69, 9.17) is 11.6 Å². The Bertz CT molecular complexity index is 962. The molecule has 4 rings (SSSR count). The molecule has 3 aromatic heterocycles. The maximum atomic E-state index is 12.3. The number of piperidine rings is 1. The highest BCUT2D eigenvalue weighted by atomic mass is 35.5. The lowest BCUT2D eigenvalue weighted by Crippen LogP contribution is -2.39. The van der Waals surface area contributed by atoms with Gasteiger partial charge in [0.05, 0.1) is 22.0 Å². The second-order valence-electron chi connectivity index (χ2n) is 7.03. The van der Waals surface area contributed by atoms with Crippen LogP contribution in [-0.4, -0.2) is 51.9 Å². The molecule has 146 valence electrons. The number of carbonyl (C=O) groups excluding carboxylic acids is 1. The van der Waals surface area contributed by atoms with E-state index in [0.29, 0.717) is 16.6 Å². The molecule has 0 bridgehead atoms. The van der Waals surface area contributed by atoms with Gasteiger partial charge in [0, 0.05) is 56.7 Å². The van der Waals surface area contributed by atoms with Crippen LogP contribution in [-0.2, 0) is 6.54 Å². The number of halogens is 1. The fraction of sp³-hybridized carbons (Fsp3) is 0.350. The fourth-order valence-electron chi connectivity index (χ4n) is 3.64. The van der Waals surface area contributed by atoms with Gasteiger partial charge < -0.3 is 15.6 Å². The van der Waals surface area contributed by atoms with E-state index in [0.717, 1.165) is 54.9 Å². The molecule has 1 aliphatic heterocycles. The van der Waals surface area contributed by atoms with Crippen LogP contribution in [0.1, 0.15) is 28.9 Å². The molecule has 0 radical (unpaired) electrons. The van der Waals surface area contributed by atoms with Crippen molar-refractivity contribution in [3.63, 3.8) is 0 Å². The number of pyridine rings is 2. The minimum Gasteiger partial charge on any atom is -0.381 e. The Morgan fingerprint density at radius 1 is 1.25 bits per heavy atom. The van der Waals surface area contributed by atoms with E-state index in [-0.39, 0.29) is 5.91 Å². The molecule has 3 N–H and O–H groups in total. The van der Waals surface area contributed by atoms with E-state index < -0.39 is 0 Å². The second kappa shape index (κ2) is 8.16. The fourth-order valence-corrected chi connectivity index (χ4v) is 3.75. The highest BCUT2D eigenvalue weighted by Crippen LogP contribution is 2.28. The number of nitrogens with one attached hydrogen (secondary N) is 3. The maximum Gasteiger partial charge on any atom is 0.254 e. The van der Waals surface area contributed by atoms with Gasteiger partial charge in [0.2, 0.25) is 0 Å². The Morgan fingerprint density at radius 3 is 2.79 bits per heavy atom. The number of carbonyl (C=O) groups is 1. The minimum atomic E-state index is -0.135. The molecule has 0 aromatic carbocycles. The Balaban J connectivity index is 1.44. The predicted molar refractivity (Wildman–Crippen MR) is 111 cm³/mol. The van der Waals surface area contributed by atoms with Crippen molar-refractivity contribution in [2.24, 2.45) is 0 Å². The molecular formula is C20H23ClN6O. The number of anilines is 1. The van der Waals surface area contributed by atoms with Crippen LogP contribution in [0, 0.1) is 0 Å². The van der Waals surface area contributed by atoms with Crippen molar-refractivity contribution in [1.29, 1.82) is 0 Å². The standard InChI is InChI=1S/C20H23ClN6O/c1-22-20(28)17-11-25-19-16(4-7-23-19)18(17)26-14-5-8-27(9-6-14)12-15-3-2-13(21)10-24-15/h2-4,7,10-11,14H,5-6,8-9,12H2,1H3,(H,22,28)(H2,23,25,26). The van der Waals surface area contributed by atoms with Gasteiger partial charge in [-0.15, -0.1) is 0 Å². The van der Waals surface area contributed by atoms with Gasteiger partial charge in [-0.1, -0.05) is 11.6 Å². The van der Waals surface area contributed by atoms with Crippen LogP contribution < -0.4 is 10.6 Å². The third-order valence-electron chi connectivity index (χ3n) is 5.17. The summed E-state index contributed by atoms with van der Waals surface area (Å²) in [5.41, 5.74) is 3.23. The summed E-state index contributed by atoms with van der Waals surface area (Å²) in [4.78, 5) is 26.5. The van der Waals surface area contributed by atoms with E-state index in [9.17, 15) is 4.79 Å². The number of likely N-dealkylation sites (tertiary alicyclic amines) is 1. The third-order valence-corrected chi connectivity index (χ3v) is 5.39. The summed E-state index contributed by atoms with van der Waals surface area (Å²) in [6.45, 7) is 2.77. The Hall–Kier alpha value is -2.64. The lowest BCUT2D eigenvalue weighted by Gasteiger charge is -2.33. The van der Waals surface area contributed by atoms with Crippen LogP contribution in [0.15, 0.2) is 36.8 Å². The number of amides is 1. The zero-order valence-corrected chi connectivity index (χ0v) is 16.5. The SMILES string of the molecule is CNC(=O)c1cnc2[nH]ccc2c1NC1CCN(Cc2ccc(Cl)cn2)CC1. The largest absolute Gasteiger partial charge is 0.381 e. The zero-order chi connectivity index (χ0) is 19.5. The molecule has 1 aliphatic rings. The molecule has 0 saturated carbocycles. The normalized spacial score (nSPS) is 15.6. The molecule has 8 heteroatoms. The minimum absolute atomic E-state index is 0.135. The van der Waals surface area contributed by atoms with E-state index in [1.165, 1.54) is 0 Å². The summed E-state index contributed by atoms with van der Waals surface area (Å²) in [6.07, 6.45) is 7.15. The molecule has 1 fully saturated rings. The quantitative estimate of drug-likeness (QED) is 0.615. The van der Waals surface area contributed by atoms with Crippen LogP contribution in [0.25, 0.3) is 11.0 Å². The van der Waals surface area contributed by atoms with Crippen LogP contribution in [0.4, 0.5) is 5.69 Å². The number of fused-ring (bicyclic) bond motifs is 1. The van der Waals surface area contributed by atoms with Gasteiger partial charge in [-0.25, -0.2) is 4.98 Å². The average molecular weight is 399 g/mol. The van der Waals surface area contributed by atoms with Crippen LogP contribution >= 0.6 is 11.6 Å². The van der Waals surface area contributed by atoms with Crippen molar-refractivity contribution in [3.05, 3.63) is 53.1 Å². The van der Waals surface area contributed by atoms with Gasteiger partial charge in [-0.05, 0) is 31.0 Å². The van der Waals surface area contributed by atoms with E-state index in [2.05, 4.69) is 30.5 Å². The number of H-pyrrole nitrogens is 1. The van der Waals surface area contributed by atoms with Gasteiger partial charge in [0.25, 0.3) is 5.91 Å². The number of aromatic nitrogens is 3. The molecule has 1 saturated heterocycles. The highest BCUT2D eigenvalue weighted by molar-refractivity contribution is 6.30. The topological polar surface area (TPSA) is 85.9 Å². The lowest BCUT2D eigenvalue weighted by molar-refractivity contribution is 0.0963. The van der Waals surface area contributed by atoms with Crippen LogP contribution in [0.3, 0.4) is 0 Å². The molecule has 28 heavy (non-hydrogen) atoms. The molecule has 0 aliphatic carbocycles. The first-order chi connectivity index (χ1) is 13.6. The Labute approximate surface area is 168 Å². The van der Waals surface area contributed by atoms with Gasteiger partial charge in [0.15, 0.2) is 0 Å². The van der Waals surface area contributed by atoms with Crippen molar-refractivity contribution in [3.8, 4) is 0 Å². The number of nitrogens with zero attached hydrogens (tertiary/aromatic N) is 3. The molecule has 0 unspecified atom stereocenters. The average Bonchev–Trinajstić information content (AvgIpc) is 3.20. The van der Waals surface area contributed by atoms with Crippen molar-refractivity contribution in [2.45, 2.75) is 25.4 Å². The van der Waals surface area contributed by atoms with E-state index in [1.807, 2.05) is 24.4 Å². The van der Waals surface area contributed by atoms with Crippen LogP contribution in [0.5, 0.6) is 0 Å². The van der Waals surface area contributed by atoms with Crippen LogP contribution in [0.2, 0.25) is 5.02 Å². The molecular weight excluding hydrogens is 376 g/mol. The summed E-state index contributed by atoms with van der Waals surface area (Å²) >= 11 is 5.91. The number of aromatic amines is 1. The maximum absolute atomic E-state index is 12.3. The summed E-state index contributed by atoms with van der Waals surface area (Å²) in [5.74, 6) is -0.135. The van der Waals surface area contributed by atoms with E-state index in [1.54, 1.807) is 19.4 Å². The lowest BCUT2D eigenvalue weighted by atomic mass is 10.0. The number of hydrogen-bond donors (Lipinski definition) is 3. The van der Waals surface area contributed by atoms with Gasteiger partial charge in [-0.3, -0.25) is 14.7 Å². The van der Waals surface area contributed by atoms with E-state index >= 15 is 0 Å². The first-order valence-corrected chi connectivity index (χ1v) is 9.79. The second-order valence-corrected chi connectivity index (χ2v) is 7.46.